The summed E-state index contributed by atoms with van der Waals surface area (Å²) in [5.74, 6) is 0.713. The van der Waals surface area contributed by atoms with Gasteiger partial charge in [0, 0.05) is 34.1 Å². The van der Waals surface area contributed by atoms with Crippen LogP contribution in [0.15, 0.2) is 97.8 Å². The van der Waals surface area contributed by atoms with E-state index in [0.29, 0.717) is 10.8 Å². The Morgan fingerprint density at radius 1 is 0.871 bits per heavy atom. The SMILES string of the molecule is C=C(Nc1ccc(Cl)c(-c2ncc(-c3ccccc3)[nH]2)c1)c1cnc2ccccc2c1. The van der Waals surface area contributed by atoms with Crippen molar-refractivity contribution in [3.05, 3.63) is 108 Å². The average molecular weight is 423 g/mol. The molecule has 0 amide bonds. The topological polar surface area (TPSA) is 53.6 Å². The number of hydrogen-bond acceptors (Lipinski definition) is 3. The number of fused-ring (bicyclic) bond motifs is 1. The molecule has 0 saturated heterocycles. The van der Waals surface area contributed by atoms with Gasteiger partial charge in [-0.25, -0.2) is 4.98 Å². The van der Waals surface area contributed by atoms with E-state index in [0.717, 1.165) is 44.7 Å². The van der Waals surface area contributed by atoms with Gasteiger partial charge in [0.15, 0.2) is 0 Å². The largest absolute Gasteiger partial charge is 0.355 e. The standard InChI is InChI=1S/C26H19ClN4/c1-17(20-13-19-9-5-6-10-24(19)28-15-20)30-21-11-12-23(27)22(14-21)26-29-16-25(31-26)18-7-3-2-4-8-18/h2-16,30H,1H2,(H,29,31). The molecule has 0 saturated carbocycles. The Balaban J connectivity index is 1.42. The molecule has 0 aliphatic rings. The fourth-order valence-electron chi connectivity index (χ4n) is 3.49. The number of benzene rings is 3. The van der Waals surface area contributed by atoms with Crippen LogP contribution in [0.2, 0.25) is 5.02 Å². The number of halogens is 1. The number of para-hydroxylation sites is 1. The number of nitrogens with one attached hydrogen (secondary N) is 2. The monoisotopic (exact) mass is 422 g/mol. The van der Waals surface area contributed by atoms with Crippen molar-refractivity contribution in [3.63, 3.8) is 0 Å². The van der Waals surface area contributed by atoms with Gasteiger partial charge in [0.05, 0.1) is 22.4 Å². The second kappa shape index (κ2) is 8.09. The Hall–Kier alpha value is -3.89. The Labute approximate surface area is 185 Å². The highest BCUT2D eigenvalue weighted by Crippen LogP contribution is 2.31. The lowest BCUT2D eigenvalue weighted by molar-refractivity contribution is 1.31. The Morgan fingerprint density at radius 3 is 2.55 bits per heavy atom. The van der Waals surface area contributed by atoms with E-state index < -0.39 is 0 Å². The van der Waals surface area contributed by atoms with Crippen molar-refractivity contribution < 1.29 is 0 Å². The first kappa shape index (κ1) is 19.1. The molecule has 2 aromatic heterocycles. The molecular formula is C26H19ClN4. The first-order valence-corrected chi connectivity index (χ1v) is 10.3. The quantitative estimate of drug-likeness (QED) is 0.319. The molecule has 3 aromatic carbocycles. The van der Waals surface area contributed by atoms with E-state index in [9.17, 15) is 0 Å². The van der Waals surface area contributed by atoms with Gasteiger partial charge in [-0.1, -0.05) is 66.7 Å². The van der Waals surface area contributed by atoms with Crippen LogP contribution in [0.5, 0.6) is 0 Å². The van der Waals surface area contributed by atoms with Crippen LogP contribution in [-0.4, -0.2) is 15.0 Å². The maximum atomic E-state index is 6.48. The minimum absolute atomic E-state index is 0.623. The molecule has 5 heteroatoms. The van der Waals surface area contributed by atoms with Crippen LogP contribution in [0, 0.1) is 0 Å². The zero-order chi connectivity index (χ0) is 21.2. The third-order valence-corrected chi connectivity index (χ3v) is 5.45. The van der Waals surface area contributed by atoms with Crippen LogP contribution in [0.25, 0.3) is 39.2 Å². The normalized spacial score (nSPS) is 10.9. The van der Waals surface area contributed by atoms with Crippen LogP contribution in [0.3, 0.4) is 0 Å². The van der Waals surface area contributed by atoms with Crippen molar-refractivity contribution in [2.45, 2.75) is 0 Å². The van der Waals surface area contributed by atoms with Gasteiger partial charge in [-0.05, 0) is 35.9 Å². The van der Waals surface area contributed by atoms with Gasteiger partial charge in [0.2, 0.25) is 0 Å². The number of aromatic amines is 1. The van der Waals surface area contributed by atoms with E-state index in [-0.39, 0.29) is 0 Å². The van der Waals surface area contributed by atoms with E-state index in [1.165, 1.54) is 0 Å². The zero-order valence-electron chi connectivity index (χ0n) is 16.6. The predicted octanol–water partition coefficient (Wildman–Crippen LogP) is 7.03. The highest BCUT2D eigenvalue weighted by Gasteiger charge is 2.11. The number of H-pyrrole nitrogens is 1. The third-order valence-electron chi connectivity index (χ3n) is 5.12. The summed E-state index contributed by atoms with van der Waals surface area (Å²) in [6.07, 6.45) is 3.65. The van der Waals surface area contributed by atoms with Crippen LogP contribution < -0.4 is 5.32 Å². The van der Waals surface area contributed by atoms with Gasteiger partial charge in [0.25, 0.3) is 0 Å². The highest BCUT2D eigenvalue weighted by atomic mass is 35.5. The highest BCUT2D eigenvalue weighted by molar-refractivity contribution is 6.33. The minimum atomic E-state index is 0.623. The zero-order valence-corrected chi connectivity index (χ0v) is 17.4. The summed E-state index contributed by atoms with van der Waals surface area (Å²) in [6.45, 7) is 4.19. The van der Waals surface area contributed by atoms with Crippen LogP contribution in [0.1, 0.15) is 5.56 Å². The van der Waals surface area contributed by atoms with Crippen molar-refractivity contribution in [3.8, 4) is 22.6 Å². The minimum Gasteiger partial charge on any atom is -0.355 e. The van der Waals surface area contributed by atoms with Crippen LogP contribution in [0.4, 0.5) is 5.69 Å². The smallest absolute Gasteiger partial charge is 0.139 e. The van der Waals surface area contributed by atoms with E-state index in [4.69, 9.17) is 11.6 Å². The number of imidazole rings is 1. The van der Waals surface area contributed by atoms with E-state index in [2.05, 4.69) is 32.9 Å². The average Bonchev–Trinajstić information content (AvgIpc) is 3.30. The summed E-state index contributed by atoms with van der Waals surface area (Å²) >= 11 is 6.48. The number of pyridine rings is 1. The molecule has 0 fully saturated rings. The first-order chi connectivity index (χ1) is 15.2. The van der Waals surface area contributed by atoms with Crippen molar-refractivity contribution in [2.75, 3.05) is 5.32 Å². The third kappa shape index (κ3) is 3.93. The maximum absolute atomic E-state index is 6.48. The van der Waals surface area contributed by atoms with Crippen molar-refractivity contribution in [1.82, 2.24) is 15.0 Å². The summed E-state index contributed by atoms with van der Waals surface area (Å²) in [6, 6.07) is 25.9. The molecule has 0 aliphatic heterocycles. The first-order valence-electron chi connectivity index (χ1n) is 9.89. The molecule has 31 heavy (non-hydrogen) atoms. The fraction of sp³-hybridized carbons (Fsp3) is 0. The van der Waals surface area contributed by atoms with Crippen molar-refractivity contribution in [1.29, 1.82) is 0 Å². The molecule has 0 aliphatic carbocycles. The summed E-state index contributed by atoms with van der Waals surface area (Å²) in [5.41, 5.74) is 6.35. The molecule has 2 N–H and O–H groups in total. The second-order valence-electron chi connectivity index (χ2n) is 7.23. The summed E-state index contributed by atoms with van der Waals surface area (Å²) in [4.78, 5) is 12.4. The van der Waals surface area contributed by atoms with E-state index >= 15 is 0 Å². The molecule has 0 bridgehead atoms. The molecule has 5 aromatic rings. The number of hydrogen-bond donors (Lipinski definition) is 2. The Morgan fingerprint density at radius 2 is 1.68 bits per heavy atom. The summed E-state index contributed by atoms with van der Waals surface area (Å²) in [5, 5.41) is 5.06. The second-order valence-corrected chi connectivity index (χ2v) is 7.63. The maximum Gasteiger partial charge on any atom is 0.139 e. The van der Waals surface area contributed by atoms with Crippen molar-refractivity contribution in [2.24, 2.45) is 0 Å². The predicted molar refractivity (Wildman–Crippen MR) is 129 cm³/mol. The molecule has 5 rings (SSSR count). The van der Waals surface area contributed by atoms with E-state index in [1.807, 2.05) is 85.2 Å². The molecule has 0 unspecified atom stereocenters. The van der Waals surface area contributed by atoms with Crippen LogP contribution >= 0.6 is 11.6 Å². The lowest BCUT2D eigenvalue weighted by atomic mass is 10.1. The fourth-order valence-corrected chi connectivity index (χ4v) is 3.70. The van der Waals surface area contributed by atoms with Gasteiger partial charge in [0.1, 0.15) is 5.82 Å². The molecule has 4 nitrogen and oxygen atoms in total. The van der Waals surface area contributed by atoms with Gasteiger partial charge in [-0.3, -0.25) is 4.98 Å². The number of anilines is 1. The lowest BCUT2D eigenvalue weighted by Gasteiger charge is -2.12. The number of aromatic nitrogens is 3. The summed E-state index contributed by atoms with van der Waals surface area (Å²) < 4.78 is 0. The molecule has 0 spiro atoms. The van der Waals surface area contributed by atoms with Gasteiger partial charge >= 0.3 is 0 Å². The molecule has 150 valence electrons. The van der Waals surface area contributed by atoms with Gasteiger partial charge in [-0.15, -0.1) is 0 Å². The van der Waals surface area contributed by atoms with E-state index in [1.54, 1.807) is 0 Å². The molecular weight excluding hydrogens is 404 g/mol. The lowest BCUT2D eigenvalue weighted by Crippen LogP contribution is -1.99. The van der Waals surface area contributed by atoms with Crippen LogP contribution in [-0.2, 0) is 0 Å². The molecule has 2 heterocycles. The van der Waals surface area contributed by atoms with Gasteiger partial charge < -0.3 is 10.3 Å². The summed E-state index contributed by atoms with van der Waals surface area (Å²) in [7, 11) is 0. The Bertz CT molecular complexity index is 1390. The Kier molecular flexibility index (Phi) is 4.98. The van der Waals surface area contributed by atoms with Crippen molar-refractivity contribution >= 4 is 33.9 Å². The number of rotatable bonds is 5. The molecule has 0 atom stereocenters. The molecule has 0 radical (unpaired) electrons. The van der Waals surface area contributed by atoms with Gasteiger partial charge in [-0.2, -0.15) is 0 Å². The number of nitrogens with zero attached hydrogens (tertiary/aromatic N) is 2.